The van der Waals surface area contributed by atoms with Gasteiger partial charge in [-0.15, -0.1) is 0 Å². The summed E-state index contributed by atoms with van der Waals surface area (Å²) in [6, 6.07) is 0. The normalized spacial score (nSPS) is 14.1. The zero-order valence-electron chi connectivity index (χ0n) is 10.2. The first kappa shape index (κ1) is 12.6. The number of hydrogen-bond donors (Lipinski definition) is 3. The van der Waals surface area contributed by atoms with Crippen molar-refractivity contribution >= 4 is 11.9 Å². The maximum absolute atomic E-state index is 11.9. The Morgan fingerprint density at radius 2 is 2.33 bits per heavy atom. The van der Waals surface area contributed by atoms with Crippen LogP contribution in [0.1, 0.15) is 28.2 Å². The van der Waals surface area contributed by atoms with Crippen LogP contribution in [-0.4, -0.2) is 39.9 Å². The molecule has 7 heteroatoms. The molecule has 1 aromatic rings. The van der Waals surface area contributed by atoms with Crippen molar-refractivity contribution < 1.29 is 14.7 Å². The fourth-order valence-electron chi connectivity index (χ4n) is 2.07. The van der Waals surface area contributed by atoms with Gasteiger partial charge in [0.25, 0.3) is 5.91 Å². The lowest BCUT2D eigenvalue weighted by Gasteiger charge is -2.14. The fourth-order valence-corrected chi connectivity index (χ4v) is 2.07. The van der Waals surface area contributed by atoms with Crippen molar-refractivity contribution in [3.05, 3.63) is 17.0 Å². The number of carboxylic acids is 1. The first-order valence-corrected chi connectivity index (χ1v) is 5.85. The number of rotatable bonds is 4. The molecule has 0 aliphatic carbocycles. The average molecular weight is 252 g/mol. The van der Waals surface area contributed by atoms with E-state index < -0.39 is 5.97 Å². The Kier molecular flexibility index (Phi) is 3.61. The zero-order chi connectivity index (χ0) is 13.1. The predicted molar refractivity (Wildman–Crippen MR) is 63.2 cm³/mol. The van der Waals surface area contributed by atoms with E-state index in [1.54, 1.807) is 4.68 Å². The highest BCUT2D eigenvalue weighted by atomic mass is 16.4. The Hall–Kier alpha value is -1.89. The van der Waals surface area contributed by atoms with Gasteiger partial charge in [-0.3, -0.25) is 14.3 Å². The number of nitrogens with one attached hydrogen (secondary N) is 2. The summed E-state index contributed by atoms with van der Waals surface area (Å²) in [5.74, 6) is -1.24. The Balaban J connectivity index is 2.08. The van der Waals surface area contributed by atoms with Crippen molar-refractivity contribution in [1.82, 2.24) is 20.4 Å². The van der Waals surface area contributed by atoms with E-state index in [2.05, 4.69) is 15.7 Å². The molecule has 18 heavy (non-hydrogen) atoms. The number of aliphatic carboxylic acids is 1. The molecule has 0 radical (unpaired) electrons. The highest BCUT2D eigenvalue weighted by molar-refractivity contribution is 5.94. The number of fused-ring (bicyclic) bond motifs is 1. The van der Waals surface area contributed by atoms with Gasteiger partial charge in [0, 0.05) is 44.4 Å². The summed E-state index contributed by atoms with van der Waals surface area (Å²) < 4.78 is 1.72. The van der Waals surface area contributed by atoms with E-state index in [-0.39, 0.29) is 18.9 Å². The largest absolute Gasteiger partial charge is 0.481 e. The van der Waals surface area contributed by atoms with Gasteiger partial charge in [-0.25, -0.2) is 0 Å². The van der Waals surface area contributed by atoms with Gasteiger partial charge in [0.1, 0.15) is 0 Å². The van der Waals surface area contributed by atoms with Crippen LogP contribution in [0.3, 0.4) is 0 Å². The molecular formula is C11H16N4O3. The van der Waals surface area contributed by atoms with Gasteiger partial charge in [-0.2, -0.15) is 5.10 Å². The Morgan fingerprint density at radius 1 is 1.56 bits per heavy atom. The molecule has 1 aromatic heterocycles. The van der Waals surface area contributed by atoms with Crippen LogP contribution in [0.2, 0.25) is 0 Å². The minimum Gasteiger partial charge on any atom is -0.481 e. The number of carbonyl (C=O) groups excluding carboxylic acids is 1. The lowest BCUT2D eigenvalue weighted by Crippen LogP contribution is -2.29. The number of nitrogens with zero attached hydrogens (tertiary/aromatic N) is 2. The van der Waals surface area contributed by atoms with Crippen molar-refractivity contribution in [2.75, 3.05) is 13.1 Å². The van der Waals surface area contributed by atoms with E-state index in [1.807, 2.05) is 7.05 Å². The highest BCUT2D eigenvalue weighted by Crippen LogP contribution is 2.17. The fraction of sp³-hybridized carbons (Fsp3) is 0.545. The number of carbonyl (C=O) groups is 2. The van der Waals surface area contributed by atoms with Gasteiger partial charge >= 0.3 is 5.97 Å². The molecule has 0 fully saturated rings. The standard InChI is InChI=1S/C11H16N4O3/c1-15-8-2-4-12-6-7(8)10(14-15)11(18)13-5-3-9(16)17/h12H,2-6H2,1H3,(H,13,18)(H,16,17). The van der Waals surface area contributed by atoms with E-state index in [1.165, 1.54) is 0 Å². The molecule has 1 amide bonds. The molecular weight excluding hydrogens is 236 g/mol. The van der Waals surface area contributed by atoms with E-state index in [4.69, 9.17) is 5.11 Å². The number of aromatic nitrogens is 2. The first-order chi connectivity index (χ1) is 8.59. The molecule has 0 aromatic carbocycles. The minimum absolute atomic E-state index is 0.0843. The van der Waals surface area contributed by atoms with E-state index in [0.29, 0.717) is 12.2 Å². The van der Waals surface area contributed by atoms with Crippen molar-refractivity contribution in [3.8, 4) is 0 Å². The average Bonchev–Trinajstić information content (AvgIpc) is 2.67. The van der Waals surface area contributed by atoms with E-state index >= 15 is 0 Å². The van der Waals surface area contributed by atoms with Gasteiger partial charge in [-0.1, -0.05) is 0 Å². The summed E-state index contributed by atoms with van der Waals surface area (Å²) in [6.45, 7) is 1.63. The summed E-state index contributed by atoms with van der Waals surface area (Å²) in [5.41, 5.74) is 2.37. The number of hydrogen-bond acceptors (Lipinski definition) is 4. The van der Waals surface area contributed by atoms with Gasteiger partial charge < -0.3 is 15.7 Å². The lowest BCUT2D eigenvalue weighted by molar-refractivity contribution is -0.136. The van der Waals surface area contributed by atoms with Crippen molar-refractivity contribution in [3.63, 3.8) is 0 Å². The third-order valence-electron chi connectivity index (χ3n) is 2.95. The Bertz CT molecular complexity index is 481. The molecule has 7 nitrogen and oxygen atoms in total. The lowest BCUT2D eigenvalue weighted by atomic mass is 10.1. The maximum atomic E-state index is 11.9. The van der Waals surface area contributed by atoms with Gasteiger partial charge in [0.2, 0.25) is 0 Å². The third-order valence-corrected chi connectivity index (χ3v) is 2.95. The molecule has 3 N–H and O–H groups in total. The second-order valence-corrected chi connectivity index (χ2v) is 4.22. The Labute approximate surface area is 104 Å². The van der Waals surface area contributed by atoms with Crippen molar-refractivity contribution in [2.45, 2.75) is 19.4 Å². The smallest absolute Gasteiger partial charge is 0.305 e. The number of amides is 1. The van der Waals surface area contributed by atoms with E-state index in [9.17, 15) is 9.59 Å². The molecule has 0 bridgehead atoms. The van der Waals surface area contributed by atoms with Gasteiger partial charge in [0.15, 0.2) is 5.69 Å². The van der Waals surface area contributed by atoms with Crippen LogP contribution in [0.15, 0.2) is 0 Å². The molecule has 0 saturated carbocycles. The van der Waals surface area contributed by atoms with Crippen LogP contribution in [0.5, 0.6) is 0 Å². The molecule has 0 saturated heterocycles. The van der Waals surface area contributed by atoms with Crippen LogP contribution in [-0.2, 0) is 24.8 Å². The first-order valence-electron chi connectivity index (χ1n) is 5.85. The summed E-state index contributed by atoms with van der Waals surface area (Å²) in [5, 5.41) is 18.5. The van der Waals surface area contributed by atoms with Crippen LogP contribution < -0.4 is 10.6 Å². The summed E-state index contributed by atoms with van der Waals surface area (Å²) in [6.07, 6.45) is 0.764. The van der Waals surface area contributed by atoms with Crippen LogP contribution in [0, 0.1) is 0 Å². The summed E-state index contributed by atoms with van der Waals surface area (Å²) >= 11 is 0. The van der Waals surface area contributed by atoms with Gasteiger partial charge in [-0.05, 0) is 0 Å². The minimum atomic E-state index is -0.931. The van der Waals surface area contributed by atoms with Gasteiger partial charge in [0.05, 0.1) is 6.42 Å². The SMILES string of the molecule is Cn1nc(C(=O)NCCC(=O)O)c2c1CCNC2. The van der Waals surface area contributed by atoms with E-state index in [0.717, 1.165) is 24.2 Å². The molecule has 0 unspecified atom stereocenters. The van der Waals surface area contributed by atoms with Crippen LogP contribution in [0.25, 0.3) is 0 Å². The van der Waals surface area contributed by atoms with Crippen LogP contribution >= 0.6 is 0 Å². The second kappa shape index (κ2) is 5.18. The summed E-state index contributed by atoms with van der Waals surface area (Å²) in [7, 11) is 1.82. The molecule has 0 atom stereocenters. The number of carboxylic acid groups (broad SMARTS) is 1. The predicted octanol–water partition coefficient (Wildman–Crippen LogP) is -0.730. The molecule has 2 heterocycles. The molecule has 98 valence electrons. The zero-order valence-corrected chi connectivity index (χ0v) is 10.2. The molecule has 1 aliphatic rings. The second-order valence-electron chi connectivity index (χ2n) is 4.22. The number of aryl methyl sites for hydroxylation is 1. The Morgan fingerprint density at radius 3 is 3.06 bits per heavy atom. The van der Waals surface area contributed by atoms with Crippen LogP contribution in [0.4, 0.5) is 0 Å². The maximum Gasteiger partial charge on any atom is 0.305 e. The quantitative estimate of drug-likeness (QED) is 0.656. The monoisotopic (exact) mass is 252 g/mol. The topological polar surface area (TPSA) is 96.2 Å². The van der Waals surface area contributed by atoms with Crippen molar-refractivity contribution in [1.29, 1.82) is 0 Å². The molecule has 2 rings (SSSR count). The third kappa shape index (κ3) is 2.51. The molecule has 1 aliphatic heterocycles. The summed E-state index contributed by atoms with van der Waals surface area (Å²) in [4.78, 5) is 22.3. The van der Waals surface area contributed by atoms with Crippen molar-refractivity contribution in [2.24, 2.45) is 7.05 Å². The highest BCUT2D eigenvalue weighted by Gasteiger charge is 2.23. The molecule has 0 spiro atoms.